The van der Waals surface area contributed by atoms with Gasteiger partial charge in [-0.15, -0.1) is 0 Å². The summed E-state index contributed by atoms with van der Waals surface area (Å²) in [6.07, 6.45) is 10.1. The first kappa shape index (κ1) is 28.3. The number of unbranched alkanes of at least 4 members (excludes halogenated alkanes) is 2. The zero-order chi connectivity index (χ0) is 15.0. The fraction of sp³-hybridized carbons (Fsp3) is 0.889. The van der Waals surface area contributed by atoms with E-state index in [0.717, 1.165) is 12.3 Å². The first-order chi connectivity index (χ1) is 8.55. The molecule has 0 aliphatic carbocycles. The Morgan fingerprint density at radius 1 is 1.05 bits per heavy atom. The monoisotopic (exact) mass is 345 g/mol. The minimum absolute atomic E-state index is 0. The molecule has 0 amide bonds. The van der Waals surface area contributed by atoms with Crippen LogP contribution in [0.15, 0.2) is 0 Å². The fourth-order valence-electron chi connectivity index (χ4n) is 1.76. The van der Waals surface area contributed by atoms with E-state index in [1.54, 1.807) is 0 Å². The van der Waals surface area contributed by atoms with Crippen molar-refractivity contribution < 1.29 is 32.7 Å². The molecule has 0 saturated carbocycles. The van der Waals surface area contributed by atoms with E-state index in [0.29, 0.717) is 5.41 Å². The summed E-state index contributed by atoms with van der Waals surface area (Å²) in [5.74, 6) is 0.804. The van der Waals surface area contributed by atoms with Gasteiger partial charge in [0.2, 0.25) is 0 Å². The molecule has 117 valence electrons. The SMILES string of the molecule is CC.CC.[CH2-]CC(C)(C)CC([CH-]CCCC)CC.[Y]. The van der Waals surface area contributed by atoms with Crippen LogP contribution >= 0.6 is 0 Å². The molecule has 1 atom stereocenters. The van der Waals surface area contributed by atoms with Crippen molar-refractivity contribution >= 4 is 0 Å². The van der Waals surface area contributed by atoms with Crippen LogP contribution < -0.4 is 0 Å². The van der Waals surface area contributed by atoms with Gasteiger partial charge in [0.05, 0.1) is 0 Å². The van der Waals surface area contributed by atoms with E-state index in [1.165, 1.54) is 32.1 Å². The van der Waals surface area contributed by atoms with E-state index in [9.17, 15) is 0 Å². The summed E-state index contributed by atoms with van der Waals surface area (Å²) in [5.41, 5.74) is 0.420. The molecule has 0 aliphatic rings. The Balaban J connectivity index is -0.000000204. The fourth-order valence-corrected chi connectivity index (χ4v) is 1.76. The molecular weight excluding hydrogens is 305 g/mol. The van der Waals surface area contributed by atoms with Crippen LogP contribution in [0.3, 0.4) is 0 Å². The summed E-state index contributed by atoms with van der Waals surface area (Å²) in [6.45, 7) is 21.2. The largest absolute Gasteiger partial charge is 0.343 e. The summed E-state index contributed by atoms with van der Waals surface area (Å²) in [4.78, 5) is 0. The van der Waals surface area contributed by atoms with Crippen LogP contribution in [0.5, 0.6) is 0 Å². The third kappa shape index (κ3) is 21.6. The van der Waals surface area contributed by atoms with Crippen LogP contribution in [0.4, 0.5) is 0 Å². The van der Waals surface area contributed by atoms with Gasteiger partial charge in [-0.05, 0) is 0 Å². The standard InChI is InChI=1S/C14H28.2C2H6.Y/c1-6-9-10-11-13(7-2)12-14(4,5)8-3;2*1-2;/h11,13H,3,6-10,12H2,1-2,4-5H3;2*1-2H3;/q-2;;;. The Morgan fingerprint density at radius 2 is 1.53 bits per heavy atom. The molecule has 0 spiro atoms. The van der Waals surface area contributed by atoms with Crippen molar-refractivity contribution in [3.05, 3.63) is 13.3 Å². The van der Waals surface area contributed by atoms with Gasteiger partial charge in [0.25, 0.3) is 0 Å². The van der Waals surface area contributed by atoms with E-state index in [1.807, 2.05) is 27.7 Å². The molecule has 1 unspecified atom stereocenters. The second-order valence-electron chi connectivity index (χ2n) is 5.16. The van der Waals surface area contributed by atoms with Crippen molar-refractivity contribution in [1.82, 2.24) is 0 Å². The number of hydrogen-bond donors (Lipinski definition) is 0. The Morgan fingerprint density at radius 3 is 1.84 bits per heavy atom. The van der Waals surface area contributed by atoms with Crippen molar-refractivity contribution in [2.45, 2.75) is 93.9 Å². The van der Waals surface area contributed by atoms with Crippen molar-refractivity contribution in [3.8, 4) is 0 Å². The second kappa shape index (κ2) is 21.4. The Bertz CT molecular complexity index is 130. The normalized spacial score (nSPS) is 11.2. The van der Waals surface area contributed by atoms with Gasteiger partial charge in [-0.3, -0.25) is 0 Å². The van der Waals surface area contributed by atoms with Crippen molar-refractivity contribution in [3.63, 3.8) is 0 Å². The summed E-state index contributed by atoms with van der Waals surface area (Å²) in [6, 6.07) is 0. The van der Waals surface area contributed by atoms with E-state index in [-0.39, 0.29) is 32.7 Å². The first-order valence-corrected chi connectivity index (χ1v) is 8.18. The van der Waals surface area contributed by atoms with Gasteiger partial charge in [-0.1, -0.05) is 86.5 Å². The van der Waals surface area contributed by atoms with Crippen molar-refractivity contribution in [2.75, 3.05) is 0 Å². The van der Waals surface area contributed by atoms with Gasteiger partial charge in [-0.25, -0.2) is 0 Å². The number of rotatable bonds is 8. The van der Waals surface area contributed by atoms with Gasteiger partial charge in [0.15, 0.2) is 0 Å². The summed E-state index contributed by atoms with van der Waals surface area (Å²) < 4.78 is 0. The Hall–Kier alpha value is 1.10. The molecule has 0 nitrogen and oxygen atoms in total. The van der Waals surface area contributed by atoms with Crippen molar-refractivity contribution in [1.29, 1.82) is 0 Å². The average molecular weight is 345 g/mol. The molecule has 19 heavy (non-hydrogen) atoms. The second-order valence-corrected chi connectivity index (χ2v) is 5.16. The van der Waals surface area contributed by atoms with Crippen LogP contribution in [-0.2, 0) is 32.7 Å². The minimum Gasteiger partial charge on any atom is -0.343 e. The third-order valence-electron chi connectivity index (χ3n) is 3.07. The van der Waals surface area contributed by atoms with Gasteiger partial charge in [0.1, 0.15) is 0 Å². The van der Waals surface area contributed by atoms with E-state index < -0.39 is 0 Å². The molecular formula is C18H40Y-2. The summed E-state index contributed by atoms with van der Waals surface area (Å²) in [5, 5.41) is 0. The maximum Gasteiger partial charge on any atom is 0 e. The molecule has 0 bridgehead atoms. The average Bonchev–Trinajstić information content (AvgIpc) is 2.42. The molecule has 0 aromatic heterocycles. The molecule has 0 N–H and O–H groups in total. The Labute approximate surface area is 150 Å². The molecule has 0 aliphatic heterocycles. The molecule has 0 saturated heterocycles. The first-order valence-electron chi connectivity index (χ1n) is 8.18. The quantitative estimate of drug-likeness (QED) is 0.325. The minimum atomic E-state index is 0. The summed E-state index contributed by atoms with van der Waals surface area (Å²) >= 11 is 0. The van der Waals surface area contributed by atoms with Gasteiger partial charge >= 0.3 is 0 Å². The molecule has 0 fully saturated rings. The van der Waals surface area contributed by atoms with Gasteiger partial charge < -0.3 is 13.3 Å². The van der Waals surface area contributed by atoms with Crippen LogP contribution in [0.1, 0.15) is 93.9 Å². The molecule has 0 aromatic rings. The van der Waals surface area contributed by atoms with Crippen LogP contribution in [-0.4, -0.2) is 0 Å². The van der Waals surface area contributed by atoms with E-state index in [4.69, 9.17) is 0 Å². The van der Waals surface area contributed by atoms with E-state index in [2.05, 4.69) is 41.0 Å². The predicted octanol–water partition coefficient (Wildman–Crippen LogP) is 7.10. The Kier molecular flexibility index (Phi) is 31.9. The molecule has 0 aromatic carbocycles. The molecule has 0 heterocycles. The molecule has 0 rings (SSSR count). The third-order valence-corrected chi connectivity index (χ3v) is 3.07. The summed E-state index contributed by atoms with van der Waals surface area (Å²) in [7, 11) is 0. The molecule has 1 radical (unpaired) electrons. The van der Waals surface area contributed by atoms with Crippen molar-refractivity contribution in [2.24, 2.45) is 11.3 Å². The zero-order valence-electron chi connectivity index (χ0n) is 15.2. The number of hydrogen-bond acceptors (Lipinski definition) is 0. The van der Waals surface area contributed by atoms with E-state index >= 15 is 0 Å². The van der Waals surface area contributed by atoms with Gasteiger partial charge in [0, 0.05) is 32.7 Å². The topological polar surface area (TPSA) is 0 Å². The van der Waals surface area contributed by atoms with Crippen LogP contribution in [0.25, 0.3) is 0 Å². The maximum atomic E-state index is 4.03. The zero-order valence-corrected chi connectivity index (χ0v) is 18.0. The predicted molar refractivity (Wildman–Crippen MR) is 88.7 cm³/mol. The van der Waals surface area contributed by atoms with Crippen LogP contribution in [0, 0.1) is 24.7 Å². The maximum absolute atomic E-state index is 4.03. The molecule has 1 heteroatoms. The smallest absolute Gasteiger partial charge is 0 e. The van der Waals surface area contributed by atoms with Gasteiger partial charge in [-0.2, -0.15) is 18.8 Å². The van der Waals surface area contributed by atoms with Crippen LogP contribution in [0.2, 0.25) is 0 Å².